The average molecular weight is 403 g/mol. The lowest BCUT2D eigenvalue weighted by molar-refractivity contribution is -0.103. The van der Waals surface area contributed by atoms with Gasteiger partial charge in [-0.25, -0.2) is 13.2 Å². The molecule has 2 aromatic carbocycles. The predicted molar refractivity (Wildman–Crippen MR) is 107 cm³/mol. The van der Waals surface area contributed by atoms with Crippen LogP contribution in [0.4, 0.5) is 13.2 Å². The summed E-state index contributed by atoms with van der Waals surface area (Å²) >= 11 is 0. The van der Waals surface area contributed by atoms with Crippen LogP contribution < -0.4 is 5.32 Å². The smallest absolute Gasteiger partial charge is 0.126 e. The van der Waals surface area contributed by atoms with Crippen LogP contribution in [-0.2, 0) is 16.7 Å². The van der Waals surface area contributed by atoms with Crippen LogP contribution in [0.5, 0.6) is 0 Å². The first-order chi connectivity index (χ1) is 14.0. The van der Waals surface area contributed by atoms with E-state index >= 15 is 0 Å². The summed E-state index contributed by atoms with van der Waals surface area (Å²) < 4.78 is 46.6. The van der Waals surface area contributed by atoms with Crippen molar-refractivity contribution in [3.63, 3.8) is 0 Å². The summed E-state index contributed by atoms with van der Waals surface area (Å²) in [5.74, 6) is -1.34. The molecule has 0 radical (unpaired) electrons. The number of ether oxygens (including phenoxy) is 1. The van der Waals surface area contributed by atoms with Crippen LogP contribution in [0.1, 0.15) is 56.1 Å². The molecule has 1 atom stereocenters. The molecule has 4 rings (SSSR count). The van der Waals surface area contributed by atoms with Gasteiger partial charge in [-0.1, -0.05) is 25.0 Å². The van der Waals surface area contributed by atoms with Crippen LogP contribution in [0.15, 0.2) is 42.5 Å². The number of halogens is 3. The molecule has 1 saturated heterocycles. The second kappa shape index (κ2) is 8.49. The predicted octanol–water partition coefficient (Wildman–Crippen LogP) is 5.64. The van der Waals surface area contributed by atoms with Gasteiger partial charge in [0.2, 0.25) is 0 Å². The van der Waals surface area contributed by atoms with E-state index in [0.717, 1.165) is 43.7 Å². The molecule has 1 aliphatic carbocycles. The number of rotatable bonds is 6. The minimum atomic E-state index is -0.558. The molecule has 2 aliphatic rings. The summed E-state index contributed by atoms with van der Waals surface area (Å²) in [6.45, 7) is 1.84. The normalized spacial score (nSPS) is 23.6. The van der Waals surface area contributed by atoms with E-state index in [1.807, 2.05) is 12.1 Å². The van der Waals surface area contributed by atoms with E-state index in [-0.39, 0.29) is 16.8 Å². The SMILES string of the molecule is Fc1ccc([C@@]2(CCNCc3cc(F)cc(F)c3)CCOC3(CCCC3)C2)cc1. The lowest BCUT2D eigenvalue weighted by atomic mass is 9.66. The zero-order valence-corrected chi connectivity index (χ0v) is 16.7. The Hall–Kier alpha value is -1.85. The highest BCUT2D eigenvalue weighted by Crippen LogP contribution is 2.50. The summed E-state index contributed by atoms with van der Waals surface area (Å²) in [4.78, 5) is 0. The van der Waals surface area contributed by atoms with Gasteiger partial charge in [-0.2, -0.15) is 0 Å². The van der Waals surface area contributed by atoms with E-state index < -0.39 is 11.6 Å². The number of benzene rings is 2. The third kappa shape index (κ3) is 4.67. The topological polar surface area (TPSA) is 21.3 Å². The minimum absolute atomic E-state index is 0.0572. The van der Waals surface area contributed by atoms with Crippen molar-refractivity contribution in [2.75, 3.05) is 13.2 Å². The van der Waals surface area contributed by atoms with Gasteiger partial charge in [0.05, 0.1) is 5.60 Å². The number of hydrogen-bond donors (Lipinski definition) is 1. The molecule has 2 fully saturated rings. The number of nitrogens with one attached hydrogen (secondary N) is 1. The van der Waals surface area contributed by atoms with E-state index in [1.54, 1.807) is 0 Å². The Morgan fingerprint density at radius 3 is 2.24 bits per heavy atom. The Morgan fingerprint density at radius 1 is 0.862 bits per heavy atom. The van der Waals surface area contributed by atoms with Crippen LogP contribution in [-0.4, -0.2) is 18.8 Å². The fourth-order valence-electron chi connectivity index (χ4n) is 5.24. The van der Waals surface area contributed by atoms with Gasteiger partial charge in [-0.15, -0.1) is 0 Å². The highest BCUT2D eigenvalue weighted by atomic mass is 19.1. The van der Waals surface area contributed by atoms with Gasteiger partial charge in [0.1, 0.15) is 17.5 Å². The zero-order chi connectivity index (χ0) is 20.3. The van der Waals surface area contributed by atoms with Crippen molar-refractivity contribution in [1.29, 1.82) is 0 Å². The highest BCUT2D eigenvalue weighted by molar-refractivity contribution is 5.28. The standard InChI is InChI=1S/C24H28F3NO/c25-20-5-3-19(4-6-20)23(10-12-29-24(17-23)7-1-2-8-24)9-11-28-16-18-13-21(26)15-22(27)14-18/h3-6,13-15,28H,1-2,7-12,16-17H2/t23-/m0/s1. The molecule has 2 nitrogen and oxygen atoms in total. The Kier molecular flexibility index (Phi) is 5.98. The fraction of sp³-hybridized carbons (Fsp3) is 0.500. The monoisotopic (exact) mass is 403 g/mol. The van der Waals surface area contributed by atoms with E-state index in [2.05, 4.69) is 5.32 Å². The van der Waals surface area contributed by atoms with Crippen molar-refractivity contribution in [2.24, 2.45) is 0 Å². The molecule has 29 heavy (non-hydrogen) atoms. The summed E-state index contributed by atoms with van der Waals surface area (Å²) in [5.41, 5.74) is 1.62. The number of hydrogen-bond acceptors (Lipinski definition) is 2. The first kappa shape index (κ1) is 20.4. The molecule has 2 aromatic rings. The third-order valence-corrected chi connectivity index (χ3v) is 6.65. The molecule has 1 spiro atoms. The highest BCUT2D eigenvalue weighted by Gasteiger charge is 2.47. The van der Waals surface area contributed by atoms with Gasteiger partial charge in [0, 0.05) is 24.6 Å². The molecule has 156 valence electrons. The molecule has 1 saturated carbocycles. The average Bonchev–Trinajstić information content (AvgIpc) is 3.12. The first-order valence-electron chi connectivity index (χ1n) is 10.5. The summed E-state index contributed by atoms with van der Waals surface area (Å²) in [6, 6.07) is 10.5. The first-order valence-corrected chi connectivity index (χ1v) is 10.5. The van der Waals surface area contributed by atoms with E-state index in [9.17, 15) is 13.2 Å². The lowest BCUT2D eigenvalue weighted by Crippen LogP contribution is -2.47. The van der Waals surface area contributed by atoms with Crippen molar-refractivity contribution >= 4 is 0 Å². The van der Waals surface area contributed by atoms with Crippen LogP contribution >= 0.6 is 0 Å². The summed E-state index contributed by atoms with van der Waals surface area (Å²) in [7, 11) is 0. The third-order valence-electron chi connectivity index (χ3n) is 6.65. The van der Waals surface area contributed by atoms with Gasteiger partial charge in [-0.3, -0.25) is 0 Å². The lowest BCUT2D eigenvalue weighted by Gasteiger charge is -2.47. The molecular weight excluding hydrogens is 375 g/mol. The Labute approximate surface area is 170 Å². The van der Waals surface area contributed by atoms with E-state index in [0.29, 0.717) is 25.3 Å². The van der Waals surface area contributed by atoms with Crippen LogP contribution in [0.3, 0.4) is 0 Å². The van der Waals surface area contributed by atoms with Crippen LogP contribution in [0, 0.1) is 17.5 Å². The van der Waals surface area contributed by atoms with Gasteiger partial charge in [0.25, 0.3) is 0 Å². The van der Waals surface area contributed by atoms with Crippen molar-refractivity contribution in [1.82, 2.24) is 5.32 Å². The van der Waals surface area contributed by atoms with Crippen molar-refractivity contribution in [3.8, 4) is 0 Å². The molecule has 1 aliphatic heterocycles. The largest absolute Gasteiger partial charge is 0.375 e. The Morgan fingerprint density at radius 2 is 1.55 bits per heavy atom. The quantitative estimate of drug-likeness (QED) is 0.630. The molecule has 0 amide bonds. The Balaban J connectivity index is 1.47. The van der Waals surface area contributed by atoms with Gasteiger partial charge in [0.15, 0.2) is 0 Å². The molecule has 5 heteroatoms. The second-order valence-corrected chi connectivity index (χ2v) is 8.66. The maximum atomic E-state index is 13.5. The minimum Gasteiger partial charge on any atom is -0.375 e. The second-order valence-electron chi connectivity index (χ2n) is 8.66. The van der Waals surface area contributed by atoms with E-state index in [4.69, 9.17) is 4.74 Å². The van der Waals surface area contributed by atoms with E-state index in [1.165, 1.54) is 37.1 Å². The van der Waals surface area contributed by atoms with Gasteiger partial charge in [-0.05, 0) is 74.0 Å². The molecule has 1 heterocycles. The summed E-state index contributed by atoms with van der Waals surface area (Å²) in [6.07, 6.45) is 7.30. The fourth-order valence-corrected chi connectivity index (χ4v) is 5.24. The molecule has 0 aromatic heterocycles. The van der Waals surface area contributed by atoms with Gasteiger partial charge >= 0.3 is 0 Å². The Bertz CT molecular complexity index is 812. The zero-order valence-electron chi connectivity index (χ0n) is 16.7. The molecule has 1 N–H and O–H groups in total. The molecule has 0 unspecified atom stereocenters. The van der Waals surface area contributed by atoms with Crippen molar-refractivity contribution in [2.45, 2.75) is 62.5 Å². The van der Waals surface area contributed by atoms with Crippen LogP contribution in [0.25, 0.3) is 0 Å². The van der Waals surface area contributed by atoms with Crippen molar-refractivity contribution in [3.05, 3.63) is 71.0 Å². The molecule has 0 bridgehead atoms. The van der Waals surface area contributed by atoms with Gasteiger partial charge < -0.3 is 10.1 Å². The van der Waals surface area contributed by atoms with Crippen LogP contribution in [0.2, 0.25) is 0 Å². The van der Waals surface area contributed by atoms with Crippen molar-refractivity contribution < 1.29 is 17.9 Å². The molecular formula is C24H28F3NO. The maximum Gasteiger partial charge on any atom is 0.126 e. The maximum absolute atomic E-state index is 13.5. The summed E-state index contributed by atoms with van der Waals surface area (Å²) in [5, 5.41) is 3.34.